The molecule has 2 bridgehead atoms. The molecule has 210 valence electrons. The predicted octanol–water partition coefficient (Wildman–Crippen LogP) is 8.82. The molecule has 3 aliphatic heterocycles. The average molecular weight is 563 g/mol. The van der Waals surface area contributed by atoms with Gasteiger partial charge in [0.15, 0.2) is 18.0 Å². The van der Waals surface area contributed by atoms with Crippen LogP contribution in [0.4, 0.5) is 17.1 Å². The third-order valence-corrected chi connectivity index (χ3v) is 9.05. The summed E-state index contributed by atoms with van der Waals surface area (Å²) in [7, 11) is 2.26. The average Bonchev–Trinajstić information content (AvgIpc) is 3.56. The first-order chi connectivity index (χ1) is 20.7. The maximum Gasteiger partial charge on any atom is 0.181 e. The van der Waals surface area contributed by atoms with E-state index in [0.717, 1.165) is 50.2 Å². The van der Waals surface area contributed by atoms with E-state index in [1.807, 2.05) is 36.5 Å². The van der Waals surface area contributed by atoms with Crippen LogP contribution in [0.25, 0.3) is 27.6 Å². The number of hydrogen-bond acceptors (Lipinski definition) is 3. The zero-order chi connectivity index (χ0) is 29.6. The number of hydrogen-bond donors (Lipinski definition) is 0. The molecule has 0 radical (unpaired) electrons. The van der Waals surface area contributed by atoms with Crippen molar-refractivity contribution in [1.82, 2.24) is 18.5 Å². The Morgan fingerprint density at radius 2 is 1.63 bits per heavy atom. The van der Waals surface area contributed by atoms with Crippen LogP contribution >= 0.6 is 0 Å². The quantitative estimate of drug-likeness (QED) is 0.159. The zero-order valence-corrected chi connectivity index (χ0v) is 24.7. The van der Waals surface area contributed by atoms with Crippen LogP contribution < -0.4 is 13.7 Å². The van der Waals surface area contributed by atoms with Gasteiger partial charge in [0.2, 0.25) is 0 Å². The van der Waals surface area contributed by atoms with Crippen molar-refractivity contribution >= 4 is 38.9 Å². The number of pyridine rings is 1. The SMILES string of the molecule is CC(C)(C)c1ccnc(-n2c3ccccc3c3c(C#N)cc(Oc4cccc([N@@+]56[CH-][N@@+](C)(C5)c5ccccc56)c4)cc32)c1. The van der Waals surface area contributed by atoms with Gasteiger partial charge in [-0.15, -0.1) is 0 Å². The lowest BCUT2D eigenvalue weighted by Gasteiger charge is -2.54. The van der Waals surface area contributed by atoms with Crippen LogP contribution in [0.1, 0.15) is 31.9 Å². The molecule has 5 heterocycles. The number of quaternary nitrogens is 2. The van der Waals surface area contributed by atoms with E-state index < -0.39 is 0 Å². The van der Waals surface area contributed by atoms with Crippen molar-refractivity contribution in [3.05, 3.63) is 121 Å². The molecule has 4 aromatic carbocycles. The van der Waals surface area contributed by atoms with Crippen LogP contribution in [0.5, 0.6) is 11.5 Å². The molecular formula is C37H32N5O+. The third kappa shape index (κ3) is 3.69. The molecule has 3 aliphatic rings. The maximum absolute atomic E-state index is 10.3. The molecule has 0 unspecified atom stereocenters. The summed E-state index contributed by atoms with van der Waals surface area (Å²) in [6.07, 6.45) is 1.87. The molecule has 1 fully saturated rings. The van der Waals surface area contributed by atoms with Crippen molar-refractivity contribution in [2.75, 3.05) is 13.7 Å². The summed E-state index contributed by atoms with van der Waals surface area (Å²) in [5.41, 5.74) is 7.46. The van der Waals surface area contributed by atoms with Gasteiger partial charge in [0.1, 0.15) is 23.0 Å². The van der Waals surface area contributed by atoms with E-state index >= 15 is 0 Å². The fraction of sp³-hybridized carbons (Fsp3) is 0.162. The summed E-state index contributed by atoms with van der Waals surface area (Å²) in [4.78, 5) is 4.79. The van der Waals surface area contributed by atoms with E-state index in [9.17, 15) is 5.26 Å². The minimum Gasteiger partial charge on any atom is -0.457 e. The Balaban J connectivity index is 1.26. The molecule has 0 spiro atoms. The molecule has 2 aromatic heterocycles. The van der Waals surface area contributed by atoms with Gasteiger partial charge in [0, 0.05) is 41.2 Å². The monoisotopic (exact) mass is 562 g/mol. The van der Waals surface area contributed by atoms with E-state index in [2.05, 4.69) is 112 Å². The van der Waals surface area contributed by atoms with Crippen molar-refractivity contribution in [3.8, 4) is 23.4 Å². The lowest BCUT2D eigenvalue weighted by Crippen LogP contribution is -2.68. The number of nitrogens with zero attached hydrogens (tertiary/aromatic N) is 5. The van der Waals surface area contributed by atoms with Crippen LogP contribution in [0, 0.1) is 18.0 Å². The minimum absolute atomic E-state index is 0.0282. The summed E-state index contributed by atoms with van der Waals surface area (Å²) in [6.45, 7) is 9.94. The van der Waals surface area contributed by atoms with Crippen molar-refractivity contribution < 1.29 is 4.74 Å². The van der Waals surface area contributed by atoms with E-state index in [-0.39, 0.29) is 5.41 Å². The van der Waals surface area contributed by atoms with Gasteiger partial charge in [-0.1, -0.05) is 57.2 Å². The Morgan fingerprint density at radius 3 is 2.42 bits per heavy atom. The van der Waals surface area contributed by atoms with E-state index in [1.54, 1.807) is 0 Å². The van der Waals surface area contributed by atoms with Crippen molar-refractivity contribution in [2.45, 2.75) is 26.2 Å². The molecule has 9 rings (SSSR count). The Bertz CT molecular complexity index is 2140. The highest BCUT2D eigenvalue weighted by atomic mass is 16.5. The highest BCUT2D eigenvalue weighted by Gasteiger charge is 2.59. The Labute approximate surface area is 251 Å². The second-order valence-corrected chi connectivity index (χ2v) is 13.0. The van der Waals surface area contributed by atoms with Crippen molar-refractivity contribution in [1.29, 1.82) is 5.26 Å². The zero-order valence-electron chi connectivity index (χ0n) is 24.7. The first kappa shape index (κ1) is 25.7. The number of nitriles is 1. The molecular weight excluding hydrogens is 530 g/mol. The molecule has 0 saturated carbocycles. The predicted molar refractivity (Wildman–Crippen MR) is 173 cm³/mol. The second kappa shape index (κ2) is 8.78. The van der Waals surface area contributed by atoms with Crippen LogP contribution in [0.2, 0.25) is 0 Å². The summed E-state index contributed by atoms with van der Waals surface area (Å²) < 4.78 is 10.2. The van der Waals surface area contributed by atoms with Gasteiger partial charge in [-0.3, -0.25) is 9.05 Å². The normalized spacial score (nSPS) is 20.5. The van der Waals surface area contributed by atoms with Gasteiger partial charge < -0.3 is 9.22 Å². The largest absolute Gasteiger partial charge is 0.457 e. The first-order valence-corrected chi connectivity index (χ1v) is 14.6. The lowest BCUT2D eigenvalue weighted by atomic mass is 9.88. The highest BCUT2D eigenvalue weighted by molar-refractivity contribution is 6.12. The summed E-state index contributed by atoms with van der Waals surface area (Å²) in [6, 6.07) is 35.8. The van der Waals surface area contributed by atoms with Gasteiger partial charge in [0.25, 0.3) is 0 Å². The van der Waals surface area contributed by atoms with Crippen molar-refractivity contribution in [2.24, 2.45) is 0 Å². The Morgan fingerprint density at radius 1 is 0.860 bits per heavy atom. The third-order valence-electron chi connectivity index (χ3n) is 9.05. The van der Waals surface area contributed by atoms with E-state index in [4.69, 9.17) is 9.72 Å². The molecule has 43 heavy (non-hydrogen) atoms. The number of aromatic nitrogens is 2. The molecule has 1 saturated heterocycles. The first-order valence-electron chi connectivity index (χ1n) is 14.6. The summed E-state index contributed by atoms with van der Waals surface area (Å²) in [5, 5.41) is 12.2. The van der Waals surface area contributed by atoms with E-state index in [1.165, 1.54) is 16.9 Å². The van der Waals surface area contributed by atoms with Crippen molar-refractivity contribution in [3.63, 3.8) is 0 Å². The fourth-order valence-electron chi connectivity index (χ4n) is 7.08. The molecule has 6 heteroatoms. The van der Waals surface area contributed by atoms with Crippen LogP contribution in [0.15, 0.2) is 103 Å². The number of benzene rings is 4. The molecule has 0 amide bonds. The highest BCUT2D eigenvalue weighted by Crippen LogP contribution is 2.60. The fourth-order valence-corrected chi connectivity index (χ4v) is 7.08. The van der Waals surface area contributed by atoms with Crippen LogP contribution in [-0.2, 0) is 5.41 Å². The second-order valence-electron chi connectivity index (χ2n) is 13.0. The van der Waals surface area contributed by atoms with Gasteiger partial charge >= 0.3 is 0 Å². The molecule has 0 aliphatic carbocycles. The molecule has 6 nitrogen and oxygen atoms in total. The maximum atomic E-state index is 10.3. The standard InChI is InChI=1S/C37H32N5O/c1-37(2,3)26-16-17-39-35(19-26)40-31-13-6-5-12-30(31)36-25(22-38)18-29(21-32(36)40)43-28-11-9-10-27(20-28)42-23-41(4,24-42)33-14-7-8-15-34(33)42/h5-21,23H,24H2,1-4H3/q+1/t41-,42+/m0/s1. The lowest BCUT2D eigenvalue weighted by molar-refractivity contribution is 0.157. The van der Waals surface area contributed by atoms with Gasteiger partial charge in [-0.05, 0) is 47.4 Å². The molecule has 6 aromatic rings. The Kier molecular flexibility index (Phi) is 5.25. The van der Waals surface area contributed by atoms with Crippen LogP contribution in [-0.4, -0.2) is 23.3 Å². The van der Waals surface area contributed by atoms with Gasteiger partial charge in [-0.25, -0.2) is 4.98 Å². The minimum atomic E-state index is -0.0282. The summed E-state index contributed by atoms with van der Waals surface area (Å²) >= 11 is 0. The smallest absolute Gasteiger partial charge is 0.181 e. The number of ether oxygens (including phenoxy) is 1. The number of rotatable bonds is 4. The van der Waals surface area contributed by atoms with E-state index in [0.29, 0.717) is 15.8 Å². The Hall–Kier alpha value is -4.96. The number of fused-ring (bicyclic) bond motifs is 3. The van der Waals surface area contributed by atoms with Gasteiger partial charge in [-0.2, -0.15) is 5.26 Å². The topological polar surface area (TPSA) is 50.8 Å². The van der Waals surface area contributed by atoms with Crippen LogP contribution in [0.3, 0.4) is 0 Å². The number of para-hydroxylation sites is 3. The molecule has 0 N–H and O–H groups in total. The van der Waals surface area contributed by atoms with Gasteiger partial charge in [0.05, 0.1) is 36.4 Å². The molecule has 2 atom stereocenters. The summed E-state index contributed by atoms with van der Waals surface area (Å²) in [5.74, 6) is 2.18.